The van der Waals surface area contributed by atoms with Crippen LogP contribution in [-0.4, -0.2) is 51.1 Å². The highest BCUT2D eigenvalue weighted by atomic mass is 32.2. The molecule has 5 rings (SSSR count). The summed E-state index contributed by atoms with van der Waals surface area (Å²) in [6.45, 7) is 1.65. The molecule has 0 saturated carbocycles. The normalized spacial score (nSPS) is 20.5. The Labute approximate surface area is 179 Å². The molecule has 1 saturated heterocycles. The van der Waals surface area contributed by atoms with Crippen LogP contribution in [0.25, 0.3) is 11.4 Å². The molecule has 2 atom stereocenters. The standard InChI is InChI=1S/C22H23N5O2S/c1-29-17-11-9-15(10-12-17)18-19(21(28)26-13-5-6-14-26)30-22-24-23-20(27(22)25-18)16-7-3-2-4-8-16/h2-4,7-12,18-19,25H,5-6,13-14H2,1H3/t18-,19-/m1/s1. The van der Waals surface area contributed by atoms with Crippen LogP contribution in [0.4, 0.5) is 0 Å². The van der Waals surface area contributed by atoms with Crippen LogP contribution in [0, 0.1) is 0 Å². The first-order chi connectivity index (χ1) is 14.7. The second kappa shape index (κ2) is 8.02. The van der Waals surface area contributed by atoms with Gasteiger partial charge in [-0.25, -0.2) is 4.68 Å². The van der Waals surface area contributed by atoms with E-state index in [1.54, 1.807) is 7.11 Å². The number of methoxy groups -OCH3 is 1. The van der Waals surface area contributed by atoms with Crippen LogP contribution in [0.15, 0.2) is 59.8 Å². The van der Waals surface area contributed by atoms with Crippen molar-refractivity contribution in [2.75, 3.05) is 25.6 Å². The van der Waals surface area contributed by atoms with Crippen LogP contribution in [0.1, 0.15) is 24.4 Å². The fraction of sp³-hybridized carbons (Fsp3) is 0.318. The summed E-state index contributed by atoms with van der Waals surface area (Å²) in [5, 5.41) is 9.17. The number of amides is 1. The molecule has 8 heteroatoms. The molecule has 1 fully saturated rings. The van der Waals surface area contributed by atoms with Crippen LogP contribution in [-0.2, 0) is 4.79 Å². The molecule has 0 spiro atoms. The quantitative estimate of drug-likeness (QED) is 0.697. The zero-order chi connectivity index (χ0) is 20.5. The Morgan fingerprint density at radius 2 is 1.80 bits per heavy atom. The number of hydrogen-bond donors (Lipinski definition) is 1. The lowest BCUT2D eigenvalue weighted by atomic mass is 10.0. The van der Waals surface area contributed by atoms with Crippen molar-refractivity contribution in [1.29, 1.82) is 0 Å². The van der Waals surface area contributed by atoms with Gasteiger partial charge in [0, 0.05) is 18.7 Å². The fourth-order valence-corrected chi connectivity index (χ4v) is 5.16. The number of nitrogens with zero attached hydrogens (tertiary/aromatic N) is 4. The fourth-order valence-electron chi connectivity index (χ4n) is 4.00. The lowest BCUT2D eigenvalue weighted by molar-refractivity contribution is -0.129. The number of likely N-dealkylation sites (tertiary alicyclic amines) is 1. The average Bonchev–Trinajstić information content (AvgIpc) is 3.48. The van der Waals surface area contributed by atoms with Crippen molar-refractivity contribution in [2.45, 2.75) is 29.3 Å². The summed E-state index contributed by atoms with van der Waals surface area (Å²) in [6.07, 6.45) is 2.14. The first-order valence-corrected chi connectivity index (χ1v) is 11.0. The van der Waals surface area contributed by atoms with E-state index in [2.05, 4.69) is 15.6 Å². The van der Waals surface area contributed by atoms with Gasteiger partial charge in [-0.15, -0.1) is 10.2 Å². The Kier molecular flexibility index (Phi) is 5.08. The van der Waals surface area contributed by atoms with Crippen molar-refractivity contribution in [3.05, 3.63) is 60.2 Å². The van der Waals surface area contributed by atoms with E-state index in [0.29, 0.717) is 5.16 Å². The summed E-state index contributed by atoms with van der Waals surface area (Å²) in [7, 11) is 1.65. The number of nitrogens with one attached hydrogen (secondary N) is 1. The van der Waals surface area contributed by atoms with Gasteiger partial charge in [-0.05, 0) is 30.5 Å². The zero-order valence-corrected chi connectivity index (χ0v) is 17.5. The predicted octanol–water partition coefficient (Wildman–Crippen LogP) is 3.34. The first-order valence-electron chi connectivity index (χ1n) is 10.1. The minimum absolute atomic E-state index is 0.154. The maximum Gasteiger partial charge on any atom is 0.238 e. The van der Waals surface area contributed by atoms with Gasteiger partial charge in [-0.1, -0.05) is 54.2 Å². The number of aromatic nitrogens is 3. The summed E-state index contributed by atoms with van der Waals surface area (Å²) >= 11 is 1.48. The third kappa shape index (κ3) is 3.41. The molecule has 2 aromatic carbocycles. The molecular formula is C22H23N5O2S. The minimum Gasteiger partial charge on any atom is -0.497 e. The van der Waals surface area contributed by atoms with E-state index >= 15 is 0 Å². The Hall–Kier alpha value is -3.00. The maximum absolute atomic E-state index is 13.4. The molecule has 0 unspecified atom stereocenters. The Morgan fingerprint density at radius 1 is 1.07 bits per heavy atom. The van der Waals surface area contributed by atoms with Gasteiger partial charge in [0.05, 0.1) is 13.2 Å². The Morgan fingerprint density at radius 3 is 2.50 bits per heavy atom. The van der Waals surface area contributed by atoms with E-state index in [1.807, 2.05) is 64.2 Å². The van der Waals surface area contributed by atoms with E-state index in [0.717, 1.165) is 48.6 Å². The molecule has 0 aliphatic carbocycles. The summed E-state index contributed by atoms with van der Waals surface area (Å²) in [5.74, 6) is 1.68. The summed E-state index contributed by atoms with van der Waals surface area (Å²) < 4.78 is 7.21. The highest BCUT2D eigenvalue weighted by Crippen LogP contribution is 2.40. The second-order valence-electron chi connectivity index (χ2n) is 7.46. The lowest BCUT2D eigenvalue weighted by Gasteiger charge is -2.35. The van der Waals surface area contributed by atoms with Gasteiger partial charge in [0.1, 0.15) is 11.0 Å². The highest BCUT2D eigenvalue weighted by molar-refractivity contribution is 8.00. The average molecular weight is 422 g/mol. The SMILES string of the molecule is COc1ccc([C@H]2Nn3c(nnc3-c3ccccc3)S[C@H]2C(=O)N2CCCC2)cc1. The van der Waals surface area contributed by atoms with Crippen LogP contribution < -0.4 is 10.2 Å². The third-order valence-corrected chi connectivity index (χ3v) is 6.81. The number of carbonyl (C=O) groups is 1. The van der Waals surface area contributed by atoms with E-state index in [-0.39, 0.29) is 17.2 Å². The molecule has 1 N–H and O–H groups in total. The number of fused-ring (bicyclic) bond motifs is 1. The molecule has 154 valence electrons. The number of thioether (sulfide) groups is 1. The molecule has 2 aliphatic heterocycles. The molecule has 0 bridgehead atoms. The van der Waals surface area contributed by atoms with Gasteiger partial charge >= 0.3 is 0 Å². The molecular weight excluding hydrogens is 398 g/mol. The minimum atomic E-state index is -0.309. The number of hydrogen-bond acceptors (Lipinski definition) is 6. The van der Waals surface area contributed by atoms with Gasteiger partial charge in [0.15, 0.2) is 5.82 Å². The van der Waals surface area contributed by atoms with Crippen molar-refractivity contribution in [3.63, 3.8) is 0 Å². The molecule has 30 heavy (non-hydrogen) atoms. The summed E-state index contributed by atoms with van der Waals surface area (Å²) in [4.78, 5) is 15.3. The van der Waals surface area contributed by atoms with Crippen LogP contribution >= 0.6 is 11.8 Å². The first kappa shape index (κ1) is 19.0. The van der Waals surface area contributed by atoms with Crippen molar-refractivity contribution in [2.24, 2.45) is 0 Å². The van der Waals surface area contributed by atoms with Crippen molar-refractivity contribution in [1.82, 2.24) is 19.8 Å². The Balaban J connectivity index is 1.53. The van der Waals surface area contributed by atoms with E-state index in [4.69, 9.17) is 4.74 Å². The molecule has 2 aliphatic rings. The monoisotopic (exact) mass is 421 g/mol. The number of benzene rings is 2. The molecule has 1 aromatic heterocycles. The molecule has 7 nitrogen and oxygen atoms in total. The van der Waals surface area contributed by atoms with Crippen LogP contribution in [0.5, 0.6) is 5.75 Å². The zero-order valence-electron chi connectivity index (χ0n) is 16.7. The van der Waals surface area contributed by atoms with Crippen LogP contribution in [0.3, 0.4) is 0 Å². The number of rotatable bonds is 4. The summed E-state index contributed by atoms with van der Waals surface area (Å²) in [6, 6.07) is 17.6. The van der Waals surface area contributed by atoms with E-state index in [1.165, 1.54) is 11.8 Å². The van der Waals surface area contributed by atoms with Crippen molar-refractivity contribution >= 4 is 17.7 Å². The van der Waals surface area contributed by atoms with E-state index in [9.17, 15) is 4.79 Å². The number of ether oxygens (including phenoxy) is 1. The maximum atomic E-state index is 13.4. The van der Waals surface area contributed by atoms with Gasteiger partial charge < -0.3 is 15.1 Å². The topological polar surface area (TPSA) is 72.3 Å². The molecule has 1 amide bonds. The van der Waals surface area contributed by atoms with E-state index < -0.39 is 0 Å². The predicted molar refractivity (Wildman–Crippen MR) is 116 cm³/mol. The lowest BCUT2D eigenvalue weighted by Crippen LogP contribution is -2.45. The third-order valence-electron chi connectivity index (χ3n) is 5.60. The second-order valence-corrected chi connectivity index (χ2v) is 8.57. The largest absolute Gasteiger partial charge is 0.497 e. The van der Waals surface area contributed by atoms with Crippen molar-refractivity contribution in [3.8, 4) is 17.1 Å². The molecule has 3 heterocycles. The van der Waals surface area contributed by atoms with Gasteiger partial charge in [-0.3, -0.25) is 4.79 Å². The van der Waals surface area contributed by atoms with Crippen molar-refractivity contribution < 1.29 is 9.53 Å². The summed E-state index contributed by atoms with van der Waals surface area (Å²) in [5.41, 5.74) is 5.54. The Bertz CT molecular complexity index is 1030. The van der Waals surface area contributed by atoms with Crippen LogP contribution in [0.2, 0.25) is 0 Å². The smallest absolute Gasteiger partial charge is 0.238 e. The van der Waals surface area contributed by atoms with Gasteiger partial charge in [0.2, 0.25) is 11.1 Å². The molecule has 0 radical (unpaired) electrons. The van der Waals surface area contributed by atoms with Gasteiger partial charge in [-0.2, -0.15) is 0 Å². The van der Waals surface area contributed by atoms with Gasteiger partial charge in [0.25, 0.3) is 0 Å². The molecule has 3 aromatic rings. The number of carbonyl (C=O) groups excluding carboxylic acids is 1. The highest BCUT2D eigenvalue weighted by Gasteiger charge is 2.40.